The molecule has 0 amide bonds. The Morgan fingerprint density at radius 2 is 1.58 bits per heavy atom. The average Bonchev–Trinajstić information content (AvgIpc) is 3.36. The Morgan fingerprint density at radius 3 is 2.24 bits per heavy atom. The molecule has 235 valence electrons. The molecule has 3 heterocycles. The number of benzene rings is 3. The van der Waals surface area contributed by atoms with Crippen LogP contribution in [-0.4, -0.2) is 18.0 Å². The normalized spacial score (nSPS) is 11.5. The maximum absolute atomic E-state index is 6.48. The van der Waals surface area contributed by atoms with Crippen molar-refractivity contribution in [2.45, 2.75) is 67.1 Å². The first-order chi connectivity index (χ1) is 21.0. The van der Waals surface area contributed by atoms with Gasteiger partial charge in [0.15, 0.2) is 0 Å². The molecule has 0 aliphatic rings. The van der Waals surface area contributed by atoms with Gasteiger partial charge in [-0.2, -0.15) is 0 Å². The SMILES string of the molecule is CC(C)Cc1cnc(-c2[c-]cc([Si](C)(C)C)c3c2oc2ccccc23)c(CC(C)C)c1.Cc1ccnc(-c2[c-]cccc2)c1.[Ir]. The molecule has 0 saturated carbocycles. The van der Waals surface area contributed by atoms with Gasteiger partial charge in [0.2, 0.25) is 0 Å². The second kappa shape index (κ2) is 14.8. The fraction of sp³-hybridized carbons (Fsp3) is 0.300. The molecule has 1 radical (unpaired) electrons. The van der Waals surface area contributed by atoms with Crippen molar-refractivity contribution in [3.63, 3.8) is 0 Å². The monoisotopic (exact) mass is 789 g/mol. The van der Waals surface area contributed by atoms with Crippen LogP contribution >= 0.6 is 0 Å². The zero-order valence-electron chi connectivity index (χ0n) is 27.8. The number of furan rings is 1. The Bertz CT molecular complexity index is 1870. The van der Waals surface area contributed by atoms with Gasteiger partial charge in [0, 0.05) is 46.0 Å². The fourth-order valence-electron chi connectivity index (χ4n) is 5.74. The van der Waals surface area contributed by atoms with E-state index in [4.69, 9.17) is 9.40 Å². The van der Waals surface area contributed by atoms with E-state index in [1.807, 2.05) is 48.8 Å². The molecule has 3 nitrogen and oxygen atoms in total. The summed E-state index contributed by atoms with van der Waals surface area (Å²) >= 11 is 0. The third kappa shape index (κ3) is 8.27. The van der Waals surface area contributed by atoms with E-state index in [0.29, 0.717) is 11.8 Å². The van der Waals surface area contributed by atoms with E-state index >= 15 is 0 Å². The van der Waals surface area contributed by atoms with E-state index in [1.54, 1.807) is 0 Å². The summed E-state index contributed by atoms with van der Waals surface area (Å²) in [5.41, 5.74) is 9.78. The zero-order valence-corrected chi connectivity index (χ0v) is 31.2. The smallest absolute Gasteiger partial charge is 0.120 e. The summed E-state index contributed by atoms with van der Waals surface area (Å²) in [4.78, 5) is 9.27. The number of aryl methyl sites for hydroxylation is 1. The molecule has 0 aliphatic carbocycles. The molecule has 3 aromatic carbocycles. The standard InChI is InChI=1S/C28H34NOSi.C12H10N.Ir/c1-18(2)14-20-16-21(15-19(3)4)27(29-17-20)23-12-13-25(31(5,6)7)26-22-10-8-9-11-24(22)30-28(23)26;1-10-7-8-13-12(9-10)11-5-3-2-4-6-11;/h8-11,13,16-19H,14-15H2,1-7H3;2-5,7-9H,1H3;/q2*-1;. The summed E-state index contributed by atoms with van der Waals surface area (Å²) in [5.74, 6) is 1.17. The molecule has 6 rings (SSSR count). The second-order valence-electron chi connectivity index (χ2n) is 13.7. The Balaban J connectivity index is 0.000000275. The number of rotatable bonds is 7. The van der Waals surface area contributed by atoms with Crippen LogP contribution in [0.3, 0.4) is 0 Å². The minimum atomic E-state index is -1.58. The number of hydrogen-bond acceptors (Lipinski definition) is 3. The number of pyridine rings is 2. The van der Waals surface area contributed by atoms with Gasteiger partial charge in [0.25, 0.3) is 0 Å². The Morgan fingerprint density at radius 1 is 0.844 bits per heavy atom. The first kappa shape index (κ1) is 34.5. The molecular formula is C40H44IrN2OSi-2. The van der Waals surface area contributed by atoms with Gasteiger partial charge in [0.05, 0.1) is 5.58 Å². The second-order valence-corrected chi connectivity index (χ2v) is 18.7. The Kier molecular flexibility index (Phi) is 11.4. The summed E-state index contributed by atoms with van der Waals surface area (Å²) in [6.07, 6.45) is 5.93. The van der Waals surface area contributed by atoms with Crippen molar-refractivity contribution in [3.8, 4) is 22.5 Å². The molecule has 45 heavy (non-hydrogen) atoms. The predicted molar refractivity (Wildman–Crippen MR) is 189 cm³/mol. The Hall–Kier alpha value is -3.37. The van der Waals surface area contributed by atoms with Crippen molar-refractivity contribution >= 4 is 35.2 Å². The fourth-order valence-corrected chi connectivity index (χ4v) is 7.24. The van der Waals surface area contributed by atoms with Gasteiger partial charge in [-0.3, -0.25) is 0 Å². The van der Waals surface area contributed by atoms with Crippen molar-refractivity contribution in [2.24, 2.45) is 11.8 Å². The minimum absolute atomic E-state index is 0. The molecular weight excluding hydrogens is 745 g/mol. The summed E-state index contributed by atoms with van der Waals surface area (Å²) in [7, 11) is -1.58. The van der Waals surface area contributed by atoms with Crippen LogP contribution in [0.15, 0.2) is 89.6 Å². The van der Waals surface area contributed by atoms with Crippen LogP contribution in [0.2, 0.25) is 19.6 Å². The van der Waals surface area contributed by atoms with Crippen LogP contribution in [0, 0.1) is 30.9 Å². The van der Waals surface area contributed by atoms with E-state index < -0.39 is 8.07 Å². The summed E-state index contributed by atoms with van der Waals surface area (Å²) in [5, 5.41) is 3.86. The molecule has 0 N–H and O–H groups in total. The van der Waals surface area contributed by atoms with Gasteiger partial charge in [-0.05, 0) is 60.7 Å². The molecule has 0 unspecified atom stereocenters. The van der Waals surface area contributed by atoms with E-state index in [9.17, 15) is 0 Å². The van der Waals surface area contributed by atoms with Crippen LogP contribution < -0.4 is 5.19 Å². The largest absolute Gasteiger partial charge is 0.501 e. The number of fused-ring (bicyclic) bond motifs is 3. The minimum Gasteiger partial charge on any atom is -0.501 e. The van der Waals surface area contributed by atoms with Crippen molar-refractivity contribution in [3.05, 3.63) is 114 Å². The van der Waals surface area contributed by atoms with Gasteiger partial charge < -0.3 is 14.4 Å². The topological polar surface area (TPSA) is 38.9 Å². The van der Waals surface area contributed by atoms with Gasteiger partial charge >= 0.3 is 0 Å². The van der Waals surface area contributed by atoms with Crippen molar-refractivity contribution < 1.29 is 24.5 Å². The third-order valence-corrected chi connectivity index (χ3v) is 9.70. The van der Waals surface area contributed by atoms with Gasteiger partial charge in [-0.15, -0.1) is 53.2 Å². The number of para-hydroxylation sites is 1. The number of hydrogen-bond donors (Lipinski definition) is 0. The van der Waals surface area contributed by atoms with E-state index in [0.717, 1.165) is 46.5 Å². The molecule has 0 fully saturated rings. The van der Waals surface area contributed by atoms with Crippen LogP contribution in [0.1, 0.15) is 44.4 Å². The van der Waals surface area contributed by atoms with E-state index in [2.05, 4.69) is 108 Å². The van der Waals surface area contributed by atoms with Gasteiger partial charge in [-0.25, -0.2) is 0 Å². The molecule has 0 spiro atoms. The van der Waals surface area contributed by atoms with Crippen LogP contribution in [0.25, 0.3) is 44.5 Å². The van der Waals surface area contributed by atoms with E-state index in [-0.39, 0.29) is 20.1 Å². The van der Waals surface area contributed by atoms with Gasteiger partial charge in [0.1, 0.15) is 5.58 Å². The molecule has 0 atom stereocenters. The number of aromatic nitrogens is 2. The van der Waals surface area contributed by atoms with Crippen molar-refractivity contribution in [1.82, 2.24) is 9.97 Å². The molecule has 0 aliphatic heterocycles. The summed E-state index contributed by atoms with van der Waals surface area (Å²) in [6, 6.07) is 31.7. The average molecular weight is 789 g/mol. The van der Waals surface area contributed by atoms with Crippen LogP contribution in [0.5, 0.6) is 0 Å². The quantitative estimate of drug-likeness (QED) is 0.119. The van der Waals surface area contributed by atoms with Crippen molar-refractivity contribution in [2.75, 3.05) is 0 Å². The van der Waals surface area contributed by atoms with Crippen LogP contribution in [-0.2, 0) is 32.9 Å². The summed E-state index contributed by atoms with van der Waals surface area (Å²) in [6.45, 7) is 18.3. The maximum Gasteiger partial charge on any atom is 0.120 e. The van der Waals surface area contributed by atoms with Crippen LogP contribution in [0.4, 0.5) is 0 Å². The Labute approximate surface area is 283 Å². The number of nitrogens with zero attached hydrogens (tertiary/aromatic N) is 2. The third-order valence-electron chi connectivity index (χ3n) is 7.69. The molecule has 0 saturated heterocycles. The van der Waals surface area contributed by atoms with E-state index in [1.165, 1.54) is 32.6 Å². The predicted octanol–water partition coefficient (Wildman–Crippen LogP) is 10.2. The van der Waals surface area contributed by atoms with Crippen molar-refractivity contribution in [1.29, 1.82) is 0 Å². The molecule has 6 aromatic rings. The summed E-state index contributed by atoms with van der Waals surface area (Å²) < 4.78 is 6.48. The first-order valence-corrected chi connectivity index (χ1v) is 19.3. The molecule has 0 bridgehead atoms. The molecule has 3 aromatic heterocycles. The zero-order chi connectivity index (χ0) is 31.4. The van der Waals surface area contributed by atoms with Gasteiger partial charge in [-0.1, -0.05) is 99.7 Å². The maximum atomic E-state index is 6.48. The molecule has 5 heteroatoms. The first-order valence-electron chi connectivity index (χ1n) is 15.8.